The molecule has 0 unspecified atom stereocenters. The molecule has 0 fully saturated rings. The molecule has 0 aromatic heterocycles. The van der Waals surface area contributed by atoms with E-state index in [4.69, 9.17) is 14.2 Å². The molecule has 0 heterocycles. The molecule has 0 aliphatic rings. The van der Waals surface area contributed by atoms with Gasteiger partial charge in [-0.3, -0.25) is 9.59 Å². The number of rotatable bonds is 40. The van der Waals surface area contributed by atoms with E-state index in [2.05, 4.69) is 37.9 Å². The summed E-state index contributed by atoms with van der Waals surface area (Å²) in [6.07, 6.45) is 32.9. The van der Waals surface area contributed by atoms with E-state index < -0.39 is 5.60 Å². The summed E-state index contributed by atoms with van der Waals surface area (Å²) in [5, 5.41) is 2.91. The minimum Gasteiger partial charge on any atom is -0.466 e. The average Bonchev–Trinajstić information content (AvgIpc) is 3.14. The molecule has 0 saturated heterocycles. The highest BCUT2D eigenvalue weighted by molar-refractivity contribution is 5.69. The van der Waals surface area contributed by atoms with Crippen molar-refractivity contribution in [3.63, 3.8) is 0 Å². The van der Waals surface area contributed by atoms with E-state index in [1.807, 2.05) is 20.8 Å². The monoisotopic (exact) mass is 795 g/mol. The summed E-state index contributed by atoms with van der Waals surface area (Å²) in [4.78, 5) is 39.6. The number of ether oxygens (including phenoxy) is 3. The van der Waals surface area contributed by atoms with Gasteiger partial charge in [0.1, 0.15) is 11.7 Å². The van der Waals surface area contributed by atoms with E-state index in [0.717, 1.165) is 122 Å². The highest BCUT2D eigenvalue weighted by atomic mass is 16.6. The van der Waals surface area contributed by atoms with Crippen LogP contribution in [0.1, 0.15) is 241 Å². The van der Waals surface area contributed by atoms with Gasteiger partial charge >= 0.3 is 18.0 Å². The number of nitrogens with one attached hydrogen (secondary N) is 1. The van der Waals surface area contributed by atoms with Gasteiger partial charge in [-0.2, -0.15) is 0 Å². The fourth-order valence-electron chi connectivity index (χ4n) is 7.37. The van der Waals surface area contributed by atoms with Crippen LogP contribution in [-0.2, 0) is 23.8 Å². The molecule has 56 heavy (non-hydrogen) atoms. The molecule has 0 radical (unpaired) electrons. The Hall–Kier alpha value is -1.83. The summed E-state index contributed by atoms with van der Waals surface area (Å²) in [5.74, 6) is 0.659. The number of hydrogen-bond donors (Lipinski definition) is 1. The fourth-order valence-corrected chi connectivity index (χ4v) is 7.37. The Bertz CT molecular complexity index is 887. The molecule has 8 nitrogen and oxygen atoms in total. The molecule has 0 aromatic carbocycles. The summed E-state index contributed by atoms with van der Waals surface area (Å²) in [7, 11) is 0. The number of nitrogens with zero attached hydrogens (tertiary/aromatic N) is 1. The van der Waals surface area contributed by atoms with Crippen LogP contribution in [0.5, 0.6) is 0 Å². The van der Waals surface area contributed by atoms with Gasteiger partial charge in [0.15, 0.2) is 0 Å². The number of alkyl carbamates (subject to hydrolysis) is 1. The smallest absolute Gasteiger partial charge is 0.407 e. The average molecular weight is 795 g/mol. The van der Waals surface area contributed by atoms with Crippen molar-refractivity contribution in [2.45, 2.75) is 253 Å². The topological polar surface area (TPSA) is 94.2 Å². The molecule has 0 rings (SSSR count). The molecular formula is C48H94N2O6. The largest absolute Gasteiger partial charge is 0.466 e. The van der Waals surface area contributed by atoms with Gasteiger partial charge in [-0.15, -0.1) is 0 Å². The third kappa shape index (κ3) is 37.7. The lowest BCUT2D eigenvalue weighted by Crippen LogP contribution is -2.35. The van der Waals surface area contributed by atoms with E-state index in [9.17, 15) is 14.4 Å². The van der Waals surface area contributed by atoms with Crippen LogP contribution in [0.2, 0.25) is 0 Å². The van der Waals surface area contributed by atoms with Crippen molar-refractivity contribution >= 4 is 18.0 Å². The lowest BCUT2D eigenvalue weighted by molar-refractivity contribution is -0.150. The second kappa shape index (κ2) is 38.7. The van der Waals surface area contributed by atoms with Crippen molar-refractivity contribution in [1.29, 1.82) is 0 Å². The van der Waals surface area contributed by atoms with E-state index in [0.29, 0.717) is 31.9 Å². The summed E-state index contributed by atoms with van der Waals surface area (Å²) in [6.45, 7) is 18.8. The van der Waals surface area contributed by atoms with Gasteiger partial charge in [-0.25, -0.2) is 4.79 Å². The maximum atomic E-state index is 12.6. The van der Waals surface area contributed by atoms with Crippen LogP contribution in [0, 0.1) is 5.92 Å². The van der Waals surface area contributed by atoms with Crippen LogP contribution in [0.25, 0.3) is 0 Å². The number of carbonyl (C=O) groups excluding carboxylic acids is 3. The summed E-state index contributed by atoms with van der Waals surface area (Å²) in [5.41, 5.74) is -0.494. The highest BCUT2D eigenvalue weighted by Crippen LogP contribution is 2.22. The molecule has 0 saturated carbocycles. The van der Waals surface area contributed by atoms with E-state index in [1.54, 1.807) is 0 Å². The van der Waals surface area contributed by atoms with Crippen molar-refractivity contribution in [2.24, 2.45) is 5.92 Å². The van der Waals surface area contributed by atoms with E-state index >= 15 is 0 Å². The van der Waals surface area contributed by atoms with Crippen molar-refractivity contribution in [1.82, 2.24) is 10.2 Å². The molecule has 0 aliphatic heterocycles. The first-order chi connectivity index (χ1) is 27.0. The summed E-state index contributed by atoms with van der Waals surface area (Å²) >= 11 is 0. The molecule has 0 spiro atoms. The number of unbranched alkanes of at least 4 members (excludes halogenated alkanes) is 16. The summed E-state index contributed by atoms with van der Waals surface area (Å²) < 4.78 is 17.0. The zero-order chi connectivity index (χ0) is 41.5. The van der Waals surface area contributed by atoms with Gasteiger partial charge in [-0.05, 0) is 111 Å². The van der Waals surface area contributed by atoms with Gasteiger partial charge in [0, 0.05) is 19.4 Å². The number of amides is 1. The number of carbonyl (C=O) groups is 3. The maximum Gasteiger partial charge on any atom is 0.407 e. The van der Waals surface area contributed by atoms with Crippen LogP contribution in [0.15, 0.2) is 0 Å². The van der Waals surface area contributed by atoms with Gasteiger partial charge in [0.2, 0.25) is 0 Å². The lowest BCUT2D eigenvalue weighted by Gasteiger charge is -2.23. The maximum absolute atomic E-state index is 12.6. The molecule has 332 valence electrons. The molecule has 0 bridgehead atoms. The van der Waals surface area contributed by atoms with E-state index in [1.165, 1.54) is 77.0 Å². The van der Waals surface area contributed by atoms with Crippen LogP contribution in [0.4, 0.5) is 4.79 Å². The first kappa shape index (κ1) is 54.2. The van der Waals surface area contributed by atoms with Gasteiger partial charge in [-0.1, -0.05) is 143 Å². The summed E-state index contributed by atoms with van der Waals surface area (Å²) in [6, 6.07) is 0. The minimum atomic E-state index is -0.494. The molecule has 0 aromatic rings. The van der Waals surface area contributed by atoms with Crippen LogP contribution >= 0.6 is 0 Å². The zero-order valence-corrected chi connectivity index (χ0v) is 38.3. The Morgan fingerprint density at radius 3 is 1.46 bits per heavy atom. The van der Waals surface area contributed by atoms with Crippen molar-refractivity contribution in [2.75, 3.05) is 32.8 Å². The van der Waals surface area contributed by atoms with Crippen LogP contribution in [0.3, 0.4) is 0 Å². The van der Waals surface area contributed by atoms with Crippen LogP contribution in [-0.4, -0.2) is 67.4 Å². The predicted octanol–water partition coefficient (Wildman–Crippen LogP) is 13.7. The normalized spacial score (nSPS) is 11.8. The second-order valence-corrected chi connectivity index (χ2v) is 17.6. The Kier molecular flexibility index (Phi) is 37.4. The quantitative estimate of drug-likeness (QED) is 0.0375. The lowest BCUT2D eigenvalue weighted by atomic mass is 9.92. The second-order valence-electron chi connectivity index (χ2n) is 17.6. The van der Waals surface area contributed by atoms with Gasteiger partial charge < -0.3 is 24.4 Å². The minimum absolute atomic E-state index is 0.0104. The number of esters is 2. The first-order valence-corrected chi connectivity index (χ1v) is 24.1. The third-order valence-corrected chi connectivity index (χ3v) is 10.8. The van der Waals surface area contributed by atoms with Crippen LogP contribution < -0.4 is 5.32 Å². The van der Waals surface area contributed by atoms with Crippen molar-refractivity contribution < 1.29 is 28.6 Å². The standard InChI is InChI=1S/C48H94N2O6/c1-8-12-22-31-43(32-23-13-9-2)37-42-54-45(51)35-26-18-16-20-28-39-50(41-30-38-49-47(53)56-48(5,6)7)40-29-21-17-19-27-36-46(52)55-44(33-24-14-10-3)34-25-15-11-4/h43-44H,8-42H2,1-7H3,(H,49,53). The van der Waals surface area contributed by atoms with Gasteiger partial charge in [0.05, 0.1) is 6.61 Å². The zero-order valence-electron chi connectivity index (χ0n) is 38.3. The Morgan fingerprint density at radius 1 is 0.518 bits per heavy atom. The molecule has 0 aliphatic carbocycles. The fraction of sp³-hybridized carbons (Fsp3) is 0.938. The Morgan fingerprint density at radius 2 is 0.964 bits per heavy atom. The first-order valence-electron chi connectivity index (χ1n) is 24.1. The van der Waals surface area contributed by atoms with Crippen molar-refractivity contribution in [3.8, 4) is 0 Å². The molecule has 1 N–H and O–H groups in total. The highest BCUT2D eigenvalue weighted by Gasteiger charge is 2.17. The molecule has 1 amide bonds. The number of hydrogen-bond acceptors (Lipinski definition) is 7. The van der Waals surface area contributed by atoms with Gasteiger partial charge in [0.25, 0.3) is 0 Å². The Labute approximate surface area is 347 Å². The molecular weight excluding hydrogens is 701 g/mol. The molecule has 0 atom stereocenters. The SMILES string of the molecule is CCCCCC(CCCCC)CCOC(=O)CCCCCCCN(CCCCCCCC(=O)OC(CCCCC)CCCCC)CCCNC(=O)OC(C)(C)C. The van der Waals surface area contributed by atoms with E-state index in [-0.39, 0.29) is 24.1 Å². The predicted molar refractivity (Wildman–Crippen MR) is 236 cm³/mol. The Balaban J connectivity index is 4.47. The third-order valence-electron chi connectivity index (χ3n) is 10.8. The molecule has 8 heteroatoms. The van der Waals surface area contributed by atoms with Crippen molar-refractivity contribution in [3.05, 3.63) is 0 Å².